The van der Waals surface area contributed by atoms with Gasteiger partial charge >= 0.3 is 0 Å². The SMILES string of the molecule is Cl.N[C@H](CCF)c1ccc(O)c(Br)c1. The summed E-state index contributed by atoms with van der Waals surface area (Å²) in [6.45, 7) is -0.431. The Kier molecular flexibility index (Phi) is 6.08. The molecule has 1 aromatic rings. The lowest BCUT2D eigenvalue weighted by Crippen LogP contribution is -2.10. The van der Waals surface area contributed by atoms with E-state index in [9.17, 15) is 9.50 Å². The number of alkyl halides is 1. The first-order valence-electron chi connectivity index (χ1n) is 3.95. The van der Waals surface area contributed by atoms with Gasteiger partial charge in [-0.05, 0) is 40.0 Å². The van der Waals surface area contributed by atoms with Crippen molar-refractivity contribution in [1.29, 1.82) is 0 Å². The number of phenolic OH excluding ortho intramolecular Hbond substituents is 1. The molecule has 0 amide bonds. The van der Waals surface area contributed by atoms with E-state index in [1.54, 1.807) is 12.1 Å². The third-order valence-electron chi connectivity index (χ3n) is 1.82. The van der Waals surface area contributed by atoms with E-state index >= 15 is 0 Å². The molecule has 0 fully saturated rings. The highest BCUT2D eigenvalue weighted by atomic mass is 79.9. The van der Waals surface area contributed by atoms with Gasteiger partial charge in [-0.1, -0.05) is 6.07 Å². The van der Waals surface area contributed by atoms with Crippen molar-refractivity contribution in [3.05, 3.63) is 28.2 Å². The second-order valence-electron chi connectivity index (χ2n) is 2.79. The predicted molar refractivity (Wildman–Crippen MR) is 60.6 cm³/mol. The maximum atomic E-state index is 12.0. The summed E-state index contributed by atoms with van der Waals surface area (Å²) in [5.74, 6) is 0.163. The predicted octanol–water partition coefficient (Wildman–Crippen LogP) is 2.94. The molecule has 1 aromatic carbocycles. The van der Waals surface area contributed by atoms with Gasteiger partial charge in [0.15, 0.2) is 0 Å². The molecule has 80 valence electrons. The minimum absolute atomic E-state index is 0. The maximum absolute atomic E-state index is 12.0. The summed E-state index contributed by atoms with van der Waals surface area (Å²) in [5.41, 5.74) is 6.50. The van der Waals surface area contributed by atoms with E-state index in [4.69, 9.17) is 5.73 Å². The van der Waals surface area contributed by atoms with E-state index in [1.165, 1.54) is 6.07 Å². The Balaban J connectivity index is 0.00000169. The Hall–Kier alpha value is -0.320. The fourth-order valence-electron chi connectivity index (χ4n) is 1.04. The van der Waals surface area contributed by atoms with Crippen molar-refractivity contribution in [2.45, 2.75) is 12.5 Å². The lowest BCUT2D eigenvalue weighted by molar-refractivity contribution is 0.441. The molecular formula is C9H12BrClFNO. The Morgan fingerprint density at radius 1 is 1.50 bits per heavy atom. The Morgan fingerprint density at radius 2 is 2.14 bits per heavy atom. The number of benzene rings is 1. The molecule has 0 saturated heterocycles. The second kappa shape index (κ2) is 6.22. The van der Waals surface area contributed by atoms with Gasteiger partial charge in [0.2, 0.25) is 0 Å². The summed E-state index contributed by atoms with van der Waals surface area (Å²) >= 11 is 3.17. The van der Waals surface area contributed by atoms with Crippen LogP contribution in [-0.4, -0.2) is 11.8 Å². The highest BCUT2D eigenvalue weighted by molar-refractivity contribution is 9.10. The number of hydrogen-bond donors (Lipinski definition) is 2. The lowest BCUT2D eigenvalue weighted by atomic mass is 10.1. The van der Waals surface area contributed by atoms with Crippen molar-refractivity contribution >= 4 is 28.3 Å². The summed E-state index contributed by atoms with van der Waals surface area (Å²) in [5, 5.41) is 9.19. The largest absolute Gasteiger partial charge is 0.507 e. The van der Waals surface area contributed by atoms with Crippen LogP contribution in [0.3, 0.4) is 0 Å². The summed E-state index contributed by atoms with van der Waals surface area (Å²) < 4.78 is 12.6. The van der Waals surface area contributed by atoms with Crippen LogP contribution in [0.4, 0.5) is 4.39 Å². The van der Waals surface area contributed by atoms with Crippen LogP contribution in [0.2, 0.25) is 0 Å². The zero-order chi connectivity index (χ0) is 9.84. The highest BCUT2D eigenvalue weighted by Gasteiger charge is 2.07. The molecule has 3 N–H and O–H groups in total. The van der Waals surface area contributed by atoms with Crippen molar-refractivity contribution in [3.63, 3.8) is 0 Å². The Labute approximate surface area is 96.8 Å². The van der Waals surface area contributed by atoms with E-state index in [0.717, 1.165) is 5.56 Å². The normalized spacial score (nSPS) is 11.9. The van der Waals surface area contributed by atoms with Crippen molar-refractivity contribution in [2.75, 3.05) is 6.67 Å². The smallest absolute Gasteiger partial charge is 0.129 e. The first kappa shape index (κ1) is 13.7. The van der Waals surface area contributed by atoms with Crippen LogP contribution >= 0.6 is 28.3 Å². The molecule has 0 heterocycles. The van der Waals surface area contributed by atoms with Crippen LogP contribution in [0.5, 0.6) is 5.75 Å². The summed E-state index contributed by atoms with van der Waals surface area (Å²) in [6.07, 6.45) is 0.303. The van der Waals surface area contributed by atoms with E-state index in [2.05, 4.69) is 15.9 Å². The monoisotopic (exact) mass is 283 g/mol. The molecule has 0 bridgehead atoms. The van der Waals surface area contributed by atoms with Gasteiger partial charge in [0.25, 0.3) is 0 Å². The molecular weight excluding hydrogens is 272 g/mol. The molecule has 1 atom stereocenters. The molecule has 0 aliphatic rings. The van der Waals surface area contributed by atoms with Crippen LogP contribution < -0.4 is 5.73 Å². The van der Waals surface area contributed by atoms with Crippen molar-refractivity contribution < 1.29 is 9.50 Å². The molecule has 0 aromatic heterocycles. The topological polar surface area (TPSA) is 46.2 Å². The van der Waals surface area contributed by atoms with Gasteiger partial charge in [0.1, 0.15) is 5.75 Å². The van der Waals surface area contributed by atoms with Crippen molar-refractivity contribution in [1.82, 2.24) is 0 Å². The summed E-state index contributed by atoms with van der Waals surface area (Å²) in [7, 11) is 0. The lowest BCUT2D eigenvalue weighted by Gasteiger charge is -2.10. The van der Waals surface area contributed by atoms with Gasteiger partial charge < -0.3 is 10.8 Å². The van der Waals surface area contributed by atoms with Gasteiger partial charge in [0, 0.05) is 6.04 Å². The molecule has 1 rings (SSSR count). The summed E-state index contributed by atoms with van der Waals surface area (Å²) in [6, 6.07) is 4.63. The highest BCUT2D eigenvalue weighted by Crippen LogP contribution is 2.27. The van der Waals surface area contributed by atoms with E-state index in [0.29, 0.717) is 10.9 Å². The number of hydrogen-bond acceptors (Lipinski definition) is 2. The number of nitrogens with two attached hydrogens (primary N) is 1. The third-order valence-corrected chi connectivity index (χ3v) is 2.46. The number of aromatic hydroxyl groups is 1. The fraction of sp³-hybridized carbons (Fsp3) is 0.333. The molecule has 0 aliphatic heterocycles. The minimum Gasteiger partial charge on any atom is -0.507 e. The van der Waals surface area contributed by atoms with Gasteiger partial charge in [-0.25, -0.2) is 0 Å². The second-order valence-corrected chi connectivity index (χ2v) is 3.65. The van der Waals surface area contributed by atoms with Crippen LogP contribution in [0.25, 0.3) is 0 Å². The Bertz CT molecular complexity index is 298. The molecule has 2 nitrogen and oxygen atoms in total. The third kappa shape index (κ3) is 3.44. The number of halogens is 3. The first-order valence-corrected chi connectivity index (χ1v) is 4.74. The zero-order valence-electron chi connectivity index (χ0n) is 7.41. The Morgan fingerprint density at radius 3 is 2.64 bits per heavy atom. The quantitative estimate of drug-likeness (QED) is 0.896. The molecule has 0 radical (unpaired) electrons. The van der Waals surface area contributed by atoms with Gasteiger partial charge in [-0.2, -0.15) is 0 Å². The number of rotatable bonds is 3. The van der Waals surface area contributed by atoms with Crippen LogP contribution in [0.15, 0.2) is 22.7 Å². The van der Waals surface area contributed by atoms with E-state index in [1.807, 2.05) is 0 Å². The van der Waals surface area contributed by atoms with E-state index < -0.39 is 6.67 Å². The average Bonchev–Trinajstić information content (AvgIpc) is 2.10. The van der Waals surface area contributed by atoms with Crippen LogP contribution in [0, 0.1) is 0 Å². The van der Waals surface area contributed by atoms with Crippen LogP contribution in [-0.2, 0) is 0 Å². The molecule has 14 heavy (non-hydrogen) atoms. The first-order chi connectivity index (χ1) is 6.15. The van der Waals surface area contributed by atoms with Gasteiger partial charge in [0.05, 0.1) is 11.1 Å². The number of phenols is 1. The molecule has 0 unspecified atom stereocenters. The van der Waals surface area contributed by atoms with Gasteiger partial charge in [-0.15, -0.1) is 12.4 Å². The van der Waals surface area contributed by atoms with Gasteiger partial charge in [-0.3, -0.25) is 4.39 Å². The molecule has 0 spiro atoms. The van der Waals surface area contributed by atoms with Crippen molar-refractivity contribution in [2.24, 2.45) is 5.73 Å². The average molecular weight is 285 g/mol. The fourth-order valence-corrected chi connectivity index (χ4v) is 1.43. The maximum Gasteiger partial charge on any atom is 0.129 e. The molecule has 0 saturated carbocycles. The molecule has 5 heteroatoms. The van der Waals surface area contributed by atoms with E-state index in [-0.39, 0.29) is 24.2 Å². The van der Waals surface area contributed by atoms with Crippen LogP contribution in [0.1, 0.15) is 18.0 Å². The zero-order valence-corrected chi connectivity index (χ0v) is 9.81. The summed E-state index contributed by atoms with van der Waals surface area (Å²) in [4.78, 5) is 0. The molecule has 0 aliphatic carbocycles. The van der Waals surface area contributed by atoms with Crippen molar-refractivity contribution in [3.8, 4) is 5.75 Å². The minimum atomic E-state index is -0.431. The standard InChI is InChI=1S/C9H11BrFNO.ClH/c10-7-5-6(1-2-9(7)13)8(12)3-4-11;/h1-2,5,8,13H,3-4,12H2;1H/t8-;/m1./s1.